The number of guanidine groups is 1. The molecule has 12 nitrogen and oxygen atoms in total. The van der Waals surface area contributed by atoms with E-state index in [4.69, 9.17) is 20.6 Å². The number of methoxy groups -OCH3 is 2. The molecule has 3 rings (SSSR count). The monoisotopic (exact) mass is 541 g/mol. The van der Waals surface area contributed by atoms with Gasteiger partial charge in [0.15, 0.2) is 5.69 Å². The summed E-state index contributed by atoms with van der Waals surface area (Å²) in [7, 11) is -1.82. The van der Waals surface area contributed by atoms with Crippen molar-refractivity contribution in [1.82, 2.24) is 19.4 Å². The van der Waals surface area contributed by atoms with Gasteiger partial charge in [-0.15, -0.1) is 4.41 Å². The number of aromatic nitrogens is 3. The van der Waals surface area contributed by atoms with E-state index in [2.05, 4.69) is 15.0 Å². The molecule has 3 aromatic rings. The third kappa shape index (κ3) is 5.52. The maximum atomic E-state index is 14.1. The van der Waals surface area contributed by atoms with Gasteiger partial charge in [-0.1, -0.05) is 13.0 Å². The van der Waals surface area contributed by atoms with Gasteiger partial charge in [0.2, 0.25) is 5.96 Å². The number of carbonyl (C=O) groups is 1. The molecule has 0 aliphatic rings. The molecule has 2 aromatic heterocycles. The second-order valence-electron chi connectivity index (χ2n) is 8.66. The van der Waals surface area contributed by atoms with E-state index in [0.717, 1.165) is 10.6 Å². The number of pyridine rings is 1. The number of hydrazine groups is 1. The highest BCUT2D eigenvalue weighted by atomic mass is 32.2. The first-order valence-corrected chi connectivity index (χ1v) is 13.1. The fourth-order valence-corrected chi connectivity index (χ4v) is 5.34. The van der Waals surface area contributed by atoms with Crippen molar-refractivity contribution in [2.75, 3.05) is 19.2 Å². The van der Waals surface area contributed by atoms with Crippen molar-refractivity contribution in [2.45, 2.75) is 38.9 Å². The minimum absolute atomic E-state index is 0.0574. The maximum absolute atomic E-state index is 14.1. The lowest BCUT2D eigenvalue weighted by Crippen LogP contribution is -2.58. The van der Waals surface area contributed by atoms with E-state index in [-0.39, 0.29) is 28.6 Å². The Morgan fingerprint density at radius 1 is 1.00 bits per heavy atom. The Balaban J connectivity index is 2.26. The van der Waals surface area contributed by atoms with Crippen LogP contribution in [0, 0.1) is 19.3 Å². The summed E-state index contributed by atoms with van der Waals surface area (Å²) < 4.78 is 39.6. The van der Waals surface area contributed by atoms with Crippen molar-refractivity contribution in [1.29, 1.82) is 5.41 Å². The number of nitrogens with one attached hydrogen (secondary N) is 1. The fourth-order valence-electron chi connectivity index (χ4n) is 3.73. The topological polar surface area (TPSA) is 165 Å². The van der Waals surface area contributed by atoms with Crippen LogP contribution in [0.5, 0.6) is 11.5 Å². The molecule has 38 heavy (non-hydrogen) atoms. The molecule has 13 heteroatoms. The summed E-state index contributed by atoms with van der Waals surface area (Å²) >= 11 is 0. The minimum Gasteiger partial charge on any atom is -0.494 e. The first-order valence-electron chi connectivity index (χ1n) is 11.6. The van der Waals surface area contributed by atoms with Crippen LogP contribution in [0.3, 0.4) is 0 Å². The number of amides is 1. The van der Waals surface area contributed by atoms with E-state index >= 15 is 0 Å². The molecular weight excluding hydrogens is 510 g/mol. The average molecular weight is 542 g/mol. The van der Waals surface area contributed by atoms with Gasteiger partial charge in [-0.25, -0.2) is 18.4 Å². The first kappa shape index (κ1) is 28.3. The van der Waals surface area contributed by atoms with Crippen molar-refractivity contribution in [3.63, 3.8) is 0 Å². The fraction of sp³-hybridized carbons (Fsp3) is 0.320. The van der Waals surface area contributed by atoms with Crippen LogP contribution in [0.25, 0.3) is 0 Å². The molecule has 0 saturated carbocycles. The molecule has 0 aliphatic heterocycles. The van der Waals surface area contributed by atoms with Crippen LogP contribution in [0.4, 0.5) is 5.69 Å². The van der Waals surface area contributed by atoms with Crippen LogP contribution in [0.15, 0.2) is 49.1 Å². The van der Waals surface area contributed by atoms with Crippen LogP contribution in [-0.4, -0.2) is 59.1 Å². The van der Waals surface area contributed by atoms with Crippen molar-refractivity contribution in [2.24, 2.45) is 5.73 Å². The van der Waals surface area contributed by atoms with Gasteiger partial charge in [-0.2, -0.15) is 5.01 Å². The van der Waals surface area contributed by atoms with Crippen molar-refractivity contribution < 1.29 is 22.7 Å². The zero-order valence-electron chi connectivity index (χ0n) is 22.0. The van der Waals surface area contributed by atoms with E-state index in [1.807, 2.05) is 6.92 Å². The molecule has 0 unspecified atom stereocenters. The second-order valence-corrected chi connectivity index (χ2v) is 10.8. The third-order valence-corrected chi connectivity index (χ3v) is 8.13. The number of hydrogen-bond donors (Lipinski definition) is 2. The lowest BCUT2D eigenvalue weighted by atomic mass is 10.1. The number of anilines is 1. The summed E-state index contributed by atoms with van der Waals surface area (Å²) in [5, 5.41) is 7.87. The van der Waals surface area contributed by atoms with Gasteiger partial charge >= 0.3 is 0 Å². The van der Waals surface area contributed by atoms with Gasteiger partial charge in [-0.05, 0) is 50.1 Å². The van der Waals surface area contributed by atoms with Gasteiger partial charge in [0.25, 0.3) is 15.9 Å². The quantitative estimate of drug-likeness (QED) is 0.248. The summed E-state index contributed by atoms with van der Waals surface area (Å²) in [6.07, 6.45) is 6.01. The van der Waals surface area contributed by atoms with Crippen LogP contribution < -0.4 is 20.2 Å². The Kier molecular flexibility index (Phi) is 8.51. The third-order valence-electron chi connectivity index (χ3n) is 5.94. The van der Waals surface area contributed by atoms with E-state index in [0.29, 0.717) is 9.98 Å². The average Bonchev–Trinajstić information content (AvgIpc) is 2.90. The van der Waals surface area contributed by atoms with Crippen LogP contribution in [-0.2, 0) is 10.0 Å². The Hall–Kier alpha value is -4.26. The molecule has 0 bridgehead atoms. The Labute approximate surface area is 222 Å². The highest BCUT2D eigenvalue weighted by Gasteiger charge is 2.43. The Morgan fingerprint density at radius 2 is 1.58 bits per heavy atom. The zero-order chi connectivity index (χ0) is 28.2. The predicted molar refractivity (Wildman–Crippen MR) is 143 cm³/mol. The molecule has 0 radical (unpaired) electrons. The first-order chi connectivity index (χ1) is 17.9. The number of nitrogens with zero attached hydrogens (tertiary/aromatic N) is 5. The maximum Gasteiger partial charge on any atom is 0.279 e. The standard InChI is InChI=1S/C25H31N7O5S/c1-15-10-19(14-28-11-15)24(33)31(22-20(36-5)8-7-9-21(22)37-6)32(25(26)27)38(34,35)18(4)17(3)23-29-12-16(2)13-30-23/h7-14,17-18H,1-6H3,(H3,26,27)/t17-,18+/m1/s1. The molecule has 0 spiro atoms. The second kappa shape index (κ2) is 11.4. The van der Waals surface area contributed by atoms with Gasteiger partial charge in [0, 0.05) is 30.7 Å². The molecular formula is C25H31N7O5S. The number of para-hydroxylation sites is 1. The highest BCUT2D eigenvalue weighted by Crippen LogP contribution is 2.41. The number of aryl methyl sites for hydroxylation is 2. The minimum atomic E-state index is -4.54. The SMILES string of the molecule is COc1cccc(OC)c1N(C(=O)c1cncc(C)c1)N(C(=N)N)S(=O)(=O)[C@@H](C)[C@@H](C)c1ncc(C)cn1. The number of sulfonamides is 1. The van der Waals surface area contributed by atoms with Crippen LogP contribution in [0.2, 0.25) is 0 Å². The van der Waals surface area contributed by atoms with E-state index in [1.54, 1.807) is 44.6 Å². The lowest BCUT2D eigenvalue weighted by Gasteiger charge is -2.37. The van der Waals surface area contributed by atoms with Gasteiger partial charge < -0.3 is 15.2 Å². The molecule has 202 valence electrons. The molecule has 2 heterocycles. The number of hydrogen-bond acceptors (Lipinski definition) is 9. The van der Waals surface area contributed by atoms with E-state index in [1.165, 1.54) is 39.5 Å². The normalized spacial score (nSPS) is 12.8. The van der Waals surface area contributed by atoms with Gasteiger partial charge in [0.05, 0.1) is 25.0 Å². The number of benzene rings is 1. The predicted octanol–water partition coefficient (Wildman–Crippen LogP) is 2.78. The molecule has 1 amide bonds. The molecule has 2 atom stereocenters. The van der Waals surface area contributed by atoms with Gasteiger partial charge in [-0.3, -0.25) is 15.2 Å². The van der Waals surface area contributed by atoms with E-state index < -0.39 is 33.1 Å². The number of rotatable bonds is 8. The van der Waals surface area contributed by atoms with Crippen molar-refractivity contribution in [3.8, 4) is 11.5 Å². The van der Waals surface area contributed by atoms with Crippen molar-refractivity contribution >= 4 is 27.6 Å². The van der Waals surface area contributed by atoms with Crippen LogP contribution in [0.1, 0.15) is 47.1 Å². The zero-order valence-corrected chi connectivity index (χ0v) is 22.9. The molecule has 1 aromatic carbocycles. The Bertz CT molecular complexity index is 1410. The molecule has 3 N–H and O–H groups in total. The summed E-state index contributed by atoms with van der Waals surface area (Å²) in [5.41, 5.74) is 7.37. The highest BCUT2D eigenvalue weighted by molar-refractivity contribution is 7.90. The smallest absolute Gasteiger partial charge is 0.279 e. The molecule has 0 aliphatic carbocycles. The van der Waals surface area contributed by atoms with Crippen molar-refractivity contribution in [3.05, 3.63) is 71.6 Å². The Morgan fingerprint density at radius 3 is 2.08 bits per heavy atom. The van der Waals surface area contributed by atoms with Gasteiger partial charge in [0.1, 0.15) is 17.3 Å². The summed E-state index contributed by atoms with van der Waals surface area (Å²) in [4.78, 5) is 26.6. The molecule has 0 fully saturated rings. The summed E-state index contributed by atoms with van der Waals surface area (Å²) in [6.45, 7) is 6.64. The largest absolute Gasteiger partial charge is 0.494 e. The molecule has 0 saturated heterocycles. The number of ether oxygens (including phenoxy) is 2. The van der Waals surface area contributed by atoms with Crippen LogP contribution >= 0.6 is 0 Å². The summed E-state index contributed by atoms with van der Waals surface area (Å²) in [5.74, 6) is -1.96. The number of nitrogens with two attached hydrogens (primary N) is 1. The summed E-state index contributed by atoms with van der Waals surface area (Å²) in [6, 6.07) is 6.22. The van der Waals surface area contributed by atoms with E-state index in [9.17, 15) is 13.2 Å². The number of carbonyl (C=O) groups excluding carboxylic acids is 1. The lowest BCUT2D eigenvalue weighted by molar-refractivity contribution is 0.0957.